The third-order valence-corrected chi connectivity index (χ3v) is 5.11. The molecule has 2 heterocycles. The van der Waals surface area contributed by atoms with Crippen molar-refractivity contribution in [2.75, 3.05) is 6.54 Å². The first-order valence-electron chi connectivity index (χ1n) is 7.70. The summed E-state index contributed by atoms with van der Waals surface area (Å²) in [6.45, 7) is 8.48. The molecule has 1 N–H and O–H groups in total. The molecule has 0 amide bonds. The fourth-order valence-electron chi connectivity index (χ4n) is 2.88. The number of aromatic nitrogens is 1. The summed E-state index contributed by atoms with van der Waals surface area (Å²) < 4.78 is 13.5. The lowest BCUT2D eigenvalue weighted by atomic mass is 10.0. The van der Waals surface area contributed by atoms with E-state index in [1.165, 1.54) is 11.3 Å². The number of hydrogen-bond donors (Lipinski definition) is 1. The van der Waals surface area contributed by atoms with Crippen molar-refractivity contribution in [3.05, 3.63) is 40.7 Å². The van der Waals surface area contributed by atoms with Gasteiger partial charge in [0, 0.05) is 24.9 Å². The van der Waals surface area contributed by atoms with Gasteiger partial charge in [0.1, 0.15) is 28.0 Å². The predicted molar refractivity (Wildman–Crippen MR) is 92.6 cm³/mol. The van der Waals surface area contributed by atoms with Gasteiger partial charge in [0.25, 0.3) is 0 Å². The number of thiazole rings is 1. The summed E-state index contributed by atoms with van der Waals surface area (Å²) in [5.74, 6) is 0. The molecule has 0 aromatic carbocycles. The number of alkyl halides is 1. The summed E-state index contributed by atoms with van der Waals surface area (Å²) >= 11 is 1.37. The summed E-state index contributed by atoms with van der Waals surface area (Å²) in [7, 11) is 0. The predicted octanol–water partition coefficient (Wildman–Crippen LogP) is 4.15. The van der Waals surface area contributed by atoms with Crippen LogP contribution in [0, 0.1) is 0 Å². The quantitative estimate of drug-likeness (QED) is 0.842. The number of aliphatic hydroxyl groups is 1. The fourth-order valence-corrected chi connectivity index (χ4v) is 3.81. The Kier molecular flexibility index (Phi) is 4.46. The van der Waals surface area contributed by atoms with Crippen LogP contribution in [-0.2, 0) is 0 Å². The lowest BCUT2D eigenvalue weighted by Gasteiger charge is -2.23. The molecule has 1 saturated heterocycles. The third-order valence-electron chi connectivity index (χ3n) is 3.97. The summed E-state index contributed by atoms with van der Waals surface area (Å²) in [6.07, 6.45) is 5.03. The van der Waals surface area contributed by atoms with Crippen LogP contribution in [0.4, 0.5) is 9.39 Å². The van der Waals surface area contributed by atoms with Crippen molar-refractivity contribution in [1.82, 2.24) is 9.88 Å². The minimum absolute atomic E-state index is 0.401. The molecule has 0 bridgehead atoms. The number of rotatable bonds is 4. The Morgan fingerprint density at radius 3 is 3.13 bits per heavy atom. The maximum atomic E-state index is 13.5. The normalized spacial score (nSPS) is 22.1. The van der Waals surface area contributed by atoms with Crippen LogP contribution in [0.1, 0.15) is 43.5 Å². The minimum Gasteiger partial charge on any atom is -0.386 e. The van der Waals surface area contributed by atoms with E-state index in [0.717, 1.165) is 34.9 Å². The number of aliphatic hydroxyl groups excluding tert-OH is 1. The number of allylic oxidation sites excluding steroid dienone is 3. The molecule has 23 heavy (non-hydrogen) atoms. The molecule has 122 valence electrons. The van der Waals surface area contributed by atoms with Gasteiger partial charge in [-0.3, -0.25) is 0 Å². The molecule has 2 unspecified atom stereocenters. The van der Waals surface area contributed by atoms with Gasteiger partial charge >= 0.3 is 0 Å². The highest BCUT2D eigenvalue weighted by atomic mass is 32.1. The molecule has 3 rings (SSSR count). The Hall–Kier alpha value is -1.79. The average molecular weight is 333 g/mol. The van der Waals surface area contributed by atoms with Crippen molar-refractivity contribution in [2.24, 2.45) is 4.99 Å². The smallest absolute Gasteiger partial charge is 0.145 e. The van der Waals surface area contributed by atoms with Crippen molar-refractivity contribution >= 4 is 28.2 Å². The number of hydrogen-bond acceptors (Lipinski definition) is 5. The summed E-state index contributed by atoms with van der Waals surface area (Å²) in [4.78, 5) is 11.0. The van der Waals surface area contributed by atoms with Gasteiger partial charge in [-0.2, -0.15) is 0 Å². The van der Waals surface area contributed by atoms with Gasteiger partial charge in [0.15, 0.2) is 0 Å². The first kappa shape index (κ1) is 16.1. The van der Waals surface area contributed by atoms with E-state index in [4.69, 9.17) is 0 Å². The molecule has 1 aliphatic heterocycles. The molecular weight excluding hydrogens is 313 g/mol. The molecule has 0 radical (unpaired) electrons. The second-order valence-electron chi connectivity index (χ2n) is 5.65. The molecule has 2 atom stereocenters. The Balaban J connectivity index is 1.94. The van der Waals surface area contributed by atoms with Crippen LogP contribution in [0.25, 0.3) is 5.70 Å². The van der Waals surface area contributed by atoms with Crippen LogP contribution < -0.4 is 0 Å². The van der Waals surface area contributed by atoms with Crippen molar-refractivity contribution < 1.29 is 9.50 Å². The highest BCUT2D eigenvalue weighted by Crippen LogP contribution is 2.41. The molecule has 4 nitrogen and oxygen atoms in total. The van der Waals surface area contributed by atoms with Gasteiger partial charge in [-0.25, -0.2) is 14.4 Å². The van der Waals surface area contributed by atoms with Crippen molar-refractivity contribution in [1.29, 1.82) is 0 Å². The zero-order chi connectivity index (χ0) is 16.6. The van der Waals surface area contributed by atoms with Gasteiger partial charge in [-0.05, 0) is 31.9 Å². The summed E-state index contributed by atoms with van der Waals surface area (Å²) in [5, 5.41) is 11.1. The first-order valence-corrected chi connectivity index (χ1v) is 8.52. The lowest BCUT2D eigenvalue weighted by Crippen LogP contribution is -2.17. The number of halogens is 1. The largest absolute Gasteiger partial charge is 0.386 e. The van der Waals surface area contributed by atoms with Gasteiger partial charge in [0.05, 0.1) is 5.70 Å². The zero-order valence-electron chi connectivity index (χ0n) is 13.3. The summed E-state index contributed by atoms with van der Waals surface area (Å²) in [6, 6.07) is 0. The SMILES string of the molecule is C=C(c1nc(C(C)O)sc1/N=C\C)N1CCC2=CC(F)CC=C21. The molecule has 2 aliphatic rings. The Bertz CT molecular complexity index is 717. The van der Waals surface area contributed by atoms with Crippen LogP contribution in [0.15, 0.2) is 35.0 Å². The lowest BCUT2D eigenvalue weighted by molar-refractivity contribution is 0.198. The topological polar surface area (TPSA) is 48.7 Å². The Morgan fingerprint density at radius 2 is 2.43 bits per heavy atom. The van der Waals surface area contributed by atoms with E-state index in [2.05, 4.69) is 21.5 Å². The average Bonchev–Trinajstić information content (AvgIpc) is 3.10. The van der Waals surface area contributed by atoms with E-state index in [-0.39, 0.29) is 0 Å². The van der Waals surface area contributed by atoms with E-state index < -0.39 is 12.3 Å². The molecule has 0 saturated carbocycles. The van der Waals surface area contributed by atoms with Crippen LogP contribution in [0.2, 0.25) is 0 Å². The Labute approximate surface area is 139 Å². The van der Waals surface area contributed by atoms with Crippen molar-refractivity contribution in [2.45, 2.75) is 39.0 Å². The van der Waals surface area contributed by atoms with Crippen molar-refractivity contribution in [3.63, 3.8) is 0 Å². The molecule has 0 spiro atoms. The molecule has 6 heteroatoms. The van der Waals surface area contributed by atoms with Crippen LogP contribution >= 0.6 is 11.3 Å². The highest BCUT2D eigenvalue weighted by Gasteiger charge is 2.30. The van der Waals surface area contributed by atoms with Gasteiger partial charge < -0.3 is 10.0 Å². The van der Waals surface area contributed by atoms with Gasteiger partial charge in [-0.1, -0.05) is 24.0 Å². The van der Waals surface area contributed by atoms with Gasteiger partial charge in [0.2, 0.25) is 0 Å². The van der Waals surface area contributed by atoms with E-state index in [1.54, 1.807) is 19.2 Å². The first-order chi connectivity index (χ1) is 11.0. The molecule has 1 aromatic rings. The highest BCUT2D eigenvalue weighted by molar-refractivity contribution is 7.15. The van der Waals surface area contributed by atoms with E-state index in [1.807, 2.05) is 13.0 Å². The third kappa shape index (κ3) is 3.01. The van der Waals surface area contributed by atoms with Crippen LogP contribution in [-0.4, -0.2) is 33.9 Å². The standard InChI is InChI=1S/C17H20FN3OS/c1-4-19-17-15(20-16(23-17)11(3)22)10(2)21-8-7-12-9-13(18)5-6-14(12)21/h4,6,9,11,13,22H,2,5,7-8H2,1,3H3/b19-4-. The number of fused-ring (bicyclic) bond motifs is 1. The molecule has 1 aliphatic carbocycles. The monoisotopic (exact) mass is 333 g/mol. The fraction of sp³-hybridized carbons (Fsp3) is 0.412. The zero-order valence-corrected chi connectivity index (χ0v) is 14.1. The number of aliphatic imine (C=N–C) groups is 1. The Morgan fingerprint density at radius 1 is 1.65 bits per heavy atom. The number of likely N-dealkylation sites (tertiary alicyclic amines) is 1. The molecule has 1 fully saturated rings. The van der Waals surface area contributed by atoms with Crippen LogP contribution in [0.5, 0.6) is 0 Å². The maximum absolute atomic E-state index is 13.5. The molecular formula is C17H20FN3OS. The summed E-state index contributed by atoms with van der Waals surface area (Å²) in [5.41, 5.74) is 3.51. The van der Waals surface area contributed by atoms with Gasteiger partial charge in [-0.15, -0.1) is 0 Å². The number of nitrogens with zero attached hydrogens (tertiary/aromatic N) is 3. The molecule has 1 aromatic heterocycles. The van der Waals surface area contributed by atoms with E-state index >= 15 is 0 Å². The van der Waals surface area contributed by atoms with E-state index in [0.29, 0.717) is 17.1 Å². The maximum Gasteiger partial charge on any atom is 0.145 e. The van der Waals surface area contributed by atoms with Crippen LogP contribution in [0.3, 0.4) is 0 Å². The van der Waals surface area contributed by atoms with Crippen molar-refractivity contribution in [3.8, 4) is 0 Å². The van der Waals surface area contributed by atoms with E-state index in [9.17, 15) is 9.50 Å². The second kappa shape index (κ2) is 6.37. The second-order valence-corrected chi connectivity index (χ2v) is 6.66. The minimum atomic E-state index is -0.886.